The number of rotatable bonds is 3. The lowest BCUT2D eigenvalue weighted by molar-refractivity contribution is -0.115. The standard InChI is InChI=1S/C23H26FNO3/c1-28-20-11-3-2-9-18(20)21-19-10-4-5-12-23(19,27)13-14-25(21)22(26)16-7-6-8-17(24)15-16/h2-3,6-9,11,15,19,21,27H,4-5,10,12-14H2,1H3/t19-,21-,23-/m1/s1. The van der Waals surface area contributed by atoms with Gasteiger partial charge in [0.2, 0.25) is 0 Å². The predicted molar refractivity (Wildman–Crippen MR) is 105 cm³/mol. The van der Waals surface area contributed by atoms with Gasteiger partial charge in [0.1, 0.15) is 11.6 Å². The highest BCUT2D eigenvalue weighted by Gasteiger charge is 2.50. The third kappa shape index (κ3) is 3.28. The highest BCUT2D eigenvalue weighted by molar-refractivity contribution is 5.94. The molecule has 4 rings (SSSR count). The van der Waals surface area contributed by atoms with Crippen LogP contribution < -0.4 is 4.74 Å². The second-order valence-electron chi connectivity index (χ2n) is 7.90. The molecule has 2 aromatic carbocycles. The van der Waals surface area contributed by atoms with Crippen LogP contribution in [0.4, 0.5) is 4.39 Å². The van der Waals surface area contributed by atoms with Crippen molar-refractivity contribution in [3.63, 3.8) is 0 Å². The highest BCUT2D eigenvalue weighted by Crippen LogP contribution is 2.51. The molecule has 1 aliphatic carbocycles. The quantitative estimate of drug-likeness (QED) is 0.858. The number of fused-ring (bicyclic) bond motifs is 1. The minimum Gasteiger partial charge on any atom is -0.496 e. The Bertz CT molecular complexity index is 870. The molecule has 2 fully saturated rings. The van der Waals surface area contributed by atoms with Crippen molar-refractivity contribution < 1.29 is 19.0 Å². The van der Waals surface area contributed by atoms with E-state index in [0.717, 1.165) is 31.2 Å². The predicted octanol–water partition coefficient (Wildman–Crippen LogP) is 4.34. The first-order valence-electron chi connectivity index (χ1n) is 9.95. The van der Waals surface area contributed by atoms with Crippen molar-refractivity contribution in [3.05, 3.63) is 65.5 Å². The number of hydrogen-bond donors (Lipinski definition) is 1. The average Bonchev–Trinajstić information content (AvgIpc) is 2.72. The van der Waals surface area contributed by atoms with Crippen LogP contribution in [0.15, 0.2) is 48.5 Å². The molecule has 2 aliphatic rings. The topological polar surface area (TPSA) is 49.8 Å². The number of benzene rings is 2. The molecule has 4 nitrogen and oxygen atoms in total. The molecule has 3 atom stereocenters. The Balaban J connectivity index is 1.79. The zero-order valence-corrected chi connectivity index (χ0v) is 16.1. The van der Waals surface area contributed by atoms with Crippen LogP contribution in [0.5, 0.6) is 5.75 Å². The lowest BCUT2D eigenvalue weighted by Gasteiger charge is -2.52. The number of para-hydroxylation sites is 1. The fraction of sp³-hybridized carbons (Fsp3) is 0.435. The molecule has 148 valence electrons. The molecular formula is C23H26FNO3. The normalized spacial score (nSPS) is 27.2. The number of carbonyl (C=O) groups is 1. The van der Waals surface area contributed by atoms with Crippen molar-refractivity contribution in [1.29, 1.82) is 0 Å². The number of nitrogens with zero attached hydrogens (tertiary/aromatic N) is 1. The van der Waals surface area contributed by atoms with Crippen molar-refractivity contribution >= 4 is 5.91 Å². The van der Waals surface area contributed by atoms with E-state index >= 15 is 0 Å². The summed E-state index contributed by atoms with van der Waals surface area (Å²) < 4.78 is 19.3. The Hall–Kier alpha value is -2.40. The fourth-order valence-electron chi connectivity index (χ4n) is 4.99. The Morgan fingerprint density at radius 2 is 2.00 bits per heavy atom. The third-order valence-electron chi connectivity index (χ3n) is 6.36. The fourth-order valence-corrected chi connectivity index (χ4v) is 4.99. The van der Waals surface area contributed by atoms with E-state index in [1.807, 2.05) is 24.3 Å². The second kappa shape index (κ2) is 7.55. The van der Waals surface area contributed by atoms with E-state index in [1.54, 1.807) is 24.1 Å². The van der Waals surface area contributed by atoms with E-state index in [9.17, 15) is 14.3 Å². The molecule has 2 aromatic rings. The van der Waals surface area contributed by atoms with Gasteiger partial charge in [-0.25, -0.2) is 4.39 Å². The van der Waals surface area contributed by atoms with Gasteiger partial charge in [-0.2, -0.15) is 0 Å². The van der Waals surface area contributed by atoms with Crippen LogP contribution in [0.2, 0.25) is 0 Å². The Kier molecular flexibility index (Phi) is 5.11. The van der Waals surface area contributed by atoms with E-state index in [4.69, 9.17) is 4.74 Å². The van der Waals surface area contributed by atoms with E-state index in [2.05, 4.69) is 0 Å². The van der Waals surface area contributed by atoms with Crippen LogP contribution in [0.3, 0.4) is 0 Å². The minimum atomic E-state index is -0.775. The molecule has 1 saturated heterocycles. The molecule has 0 radical (unpaired) electrons. The summed E-state index contributed by atoms with van der Waals surface area (Å²) in [6.45, 7) is 0.436. The smallest absolute Gasteiger partial charge is 0.254 e. The maximum absolute atomic E-state index is 13.7. The van der Waals surface area contributed by atoms with Crippen LogP contribution in [0, 0.1) is 11.7 Å². The zero-order valence-electron chi connectivity index (χ0n) is 16.1. The molecule has 1 N–H and O–H groups in total. The van der Waals surface area contributed by atoms with Crippen LogP contribution in [0.1, 0.15) is 54.1 Å². The van der Waals surface area contributed by atoms with Crippen molar-refractivity contribution in [2.45, 2.75) is 43.7 Å². The van der Waals surface area contributed by atoms with E-state index < -0.39 is 11.4 Å². The molecular weight excluding hydrogens is 357 g/mol. The monoisotopic (exact) mass is 383 g/mol. The summed E-state index contributed by atoms with van der Waals surface area (Å²) in [5.41, 5.74) is 0.462. The molecule has 0 unspecified atom stereocenters. The Labute approximate surface area is 164 Å². The van der Waals surface area contributed by atoms with Gasteiger partial charge in [-0.15, -0.1) is 0 Å². The summed E-state index contributed by atoms with van der Waals surface area (Å²) in [6.07, 6.45) is 4.19. The molecule has 0 aromatic heterocycles. The van der Waals surface area contributed by atoms with E-state index in [-0.39, 0.29) is 17.9 Å². The number of aliphatic hydroxyl groups is 1. The zero-order chi connectivity index (χ0) is 19.7. The maximum Gasteiger partial charge on any atom is 0.254 e. The van der Waals surface area contributed by atoms with Crippen LogP contribution in [0.25, 0.3) is 0 Å². The summed E-state index contributed by atoms with van der Waals surface area (Å²) in [7, 11) is 1.62. The van der Waals surface area contributed by atoms with Gasteiger partial charge >= 0.3 is 0 Å². The summed E-state index contributed by atoms with van der Waals surface area (Å²) in [5.74, 6) is 0.0112. The molecule has 1 heterocycles. The van der Waals surface area contributed by atoms with Crippen molar-refractivity contribution in [3.8, 4) is 5.75 Å². The van der Waals surface area contributed by atoms with E-state index in [0.29, 0.717) is 24.3 Å². The number of halogens is 1. The highest BCUT2D eigenvalue weighted by atomic mass is 19.1. The lowest BCUT2D eigenvalue weighted by atomic mass is 9.66. The molecule has 5 heteroatoms. The van der Waals surface area contributed by atoms with Gasteiger partial charge in [0.15, 0.2) is 0 Å². The van der Waals surface area contributed by atoms with Gasteiger partial charge in [0.25, 0.3) is 5.91 Å². The lowest BCUT2D eigenvalue weighted by Crippen LogP contribution is -2.56. The molecule has 1 amide bonds. The molecule has 0 spiro atoms. The summed E-state index contributed by atoms with van der Waals surface area (Å²) in [4.78, 5) is 15.2. The minimum absolute atomic E-state index is 0.0659. The Morgan fingerprint density at radius 3 is 2.79 bits per heavy atom. The first kappa shape index (κ1) is 18.9. The molecule has 1 saturated carbocycles. The number of carbonyl (C=O) groups excluding carboxylic acids is 1. The van der Waals surface area contributed by atoms with Gasteiger partial charge in [0.05, 0.1) is 18.8 Å². The summed E-state index contributed by atoms with van der Waals surface area (Å²) in [5, 5.41) is 11.4. The maximum atomic E-state index is 13.7. The van der Waals surface area contributed by atoms with E-state index in [1.165, 1.54) is 12.1 Å². The first-order chi connectivity index (χ1) is 13.5. The average molecular weight is 383 g/mol. The second-order valence-corrected chi connectivity index (χ2v) is 7.90. The van der Waals surface area contributed by atoms with Gasteiger partial charge in [-0.1, -0.05) is 37.1 Å². The molecule has 1 aliphatic heterocycles. The number of likely N-dealkylation sites (tertiary alicyclic amines) is 1. The summed E-state index contributed by atoms with van der Waals surface area (Å²) >= 11 is 0. The van der Waals surface area contributed by atoms with Crippen LogP contribution >= 0.6 is 0 Å². The van der Waals surface area contributed by atoms with Crippen molar-refractivity contribution in [1.82, 2.24) is 4.90 Å². The third-order valence-corrected chi connectivity index (χ3v) is 6.36. The largest absolute Gasteiger partial charge is 0.496 e. The van der Waals surface area contributed by atoms with Crippen molar-refractivity contribution in [2.75, 3.05) is 13.7 Å². The SMILES string of the molecule is COc1ccccc1[C@@H]1[C@H]2CCCC[C@@]2(O)CCN1C(=O)c1cccc(F)c1. The van der Waals surface area contributed by atoms with Gasteiger partial charge in [-0.3, -0.25) is 4.79 Å². The number of methoxy groups -OCH3 is 1. The number of piperidine rings is 1. The van der Waals surface area contributed by atoms with Gasteiger partial charge < -0.3 is 14.7 Å². The number of hydrogen-bond acceptors (Lipinski definition) is 3. The summed E-state index contributed by atoms with van der Waals surface area (Å²) in [6, 6.07) is 13.2. The first-order valence-corrected chi connectivity index (χ1v) is 9.95. The van der Waals surface area contributed by atoms with Crippen LogP contribution in [-0.4, -0.2) is 35.2 Å². The Morgan fingerprint density at radius 1 is 1.18 bits per heavy atom. The molecule has 0 bridgehead atoms. The molecule has 28 heavy (non-hydrogen) atoms. The number of ether oxygens (including phenoxy) is 1. The van der Waals surface area contributed by atoms with Gasteiger partial charge in [-0.05, 0) is 43.5 Å². The van der Waals surface area contributed by atoms with Crippen LogP contribution in [-0.2, 0) is 0 Å². The number of amides is 1. The van der Waals surface area contributed by atoms with Crippen molar-refractivity contribution in [2.24, 2.45) is 5.92 Å². The van der Waals surface area contributed by atoms with Gasteiger partial charge in [0, 0.05) is 23.6 Å².